The highest BCUT2D eigenvalue weighted by Gasteiger charge is 2.30. The molecule has 0 radical (unpaired) electrons. The Morgan fingerprint density at radius 2 is 1.88 bits per heavy atom. The second kappa shape index (κ2) is 8.25. The summed E-state index contributed by atoms with van der Waals surface area (Å²) in [6.45, 7) is 0.242. The molecule has 32 heavy (non-hydrogen) atoms. The molecule has 7 nitrogen and oxygen atoms in total. The molecule has 4 aromatic rings. The van der Waals surface area contributed by atoms with Crippen LogP contribution in [0.15, 0.2) is 82.1 Å². The number of aromatic amines is 1. The molecule has 1 aliphatic heterocycles. The first-order chi connectivity index (χ1) is 15.5. The molecule has 1 aliphatic rings. The Kier molecular flexibility index (Phi) is 5.28. The first-order valence-electron chi connectivity index (χ1n) is 10.1. The van der Waals surface area contributed by atoms with Gasteiger partial charge < -0.3 is 10.3 Å². The second-order valence-corrected chi connectivity index (χ2v) is 10.1. The minimum atomic E-state index is -3.62. The third-order valence-corrected chi connectivity index (χ3v) is 7.81. The van der Waals surface area contributed by atoms with Gasteiger partial charge in [0.05, 0.1) is 4.90 Å². The summed E-state index contributed by atoms with van der Waals surface area (Å²) >= 11 is 1.65. The highest BCUT2D eigenvalue weighted by atomic mass is 32.2. The van der Waals surface area contributed by atoms with Gasteiger partial charge in [-0.15, -0.1) is 11.3 Å². The predicted octanol–water partition coefficient (Wildman–Crippen LogP) is 3.22. The molecular weight excluding hydrogens is 444 g/mol. The molecule has 3 N–H and O–H groups in total. The Hall–Kier alpha value is -3.43. The summed E-state index contributed by atoms with van der Waals surface area (Å²) in [5, 5.41) is 6.11. The van der Waals surface area contributed by atoms with Crippen molar-refractivity contribution in [3.8, 4) is 0 Å². The van der Waals surface area contributed by atoms with Gasteiger partial charge in [-0.3, -0.25) is 14.5 Å². The fourth-order valence-corrected chi connectivity index (χ4v) is 6.01. The summed E-state index contributed by atoms with van der Waals surface area (Å²) in [5.74, 6) is -0.0851. The molecule has 3 heterocycles. The van der Waals surface area contributed by atoms with Crippen molar-refractivity contribution in [1.29, 1.82) is 0 Å². The van der Waals surface area contributed by atoms with Gasteiger partial charge in [0, 0.05) is 40.0 Å². The molecule has 9 heteroatoms. The average molecular weight is 465 g/mol. The molecule has 0 aliphatic carbocycles. The number of fused-ring (bicyclic) bond motifs is 2. The van der Waals surface area contributed by atoms with Crippen LogP contribution < -0.4 is 10.0 Å². The molecule has 2 aromatic heterocycles. The Bertz CT molecular complexity index is 1420. The number of nitrogens with zero attached hydrogens (tertiary/aromatic N) is 1. The number of hydrogen-bond acceptors (Lipinski definition) is 5. The molecule has 1 atom stereocenters. The van der Waals surface area contributed by atoms with E-state index in [4.69, 9.17) is 0 Å². The van der Waals surface area contributed by atoms with Crippen molar-refractivity contribution in [1.82, 2.24) is 15.0 Å². The van der Waals surface area contributed by atoms with Gasteiger partial charge in [0.1, 0.15) is 12.4 Å². The zero-order chi connectivity index (χ0) is 22.1. The van der Waals surface area contributed by atoms with E-state index in [-0.39, 0.29) is 29.1 Å². The van der Waals surface area contributed by atoms with Crippen LogP contribution in [0.4, 0.5) is 0 Å². The standard InChI is InChI=1S/C23H20N4O3S2/c28-22(14-26-23-16-7-2-4-10-21(16)32(29,30)27-23)25-13-18(20-9-5-11-31-20)17-12-24-19-8-3-1-6-15(17)19/h1-12,18,24H,13-14H2,(H,25,28)(H,26,27). The molecule has 2 aromatic carbocycles. The topological polar surface area (TPSA) is 103 Å². The number of nitrogens with one attached hydrogen (secondary N) is 3. The summed E-state index contributed by atoms with van der Waals surface area (Å²) in [7, 11) is -3.62. The third kappa shape index (κ3) is 3.80. The Balaban J connectivity index is 1.33. The van der Waals surface area contributed by atoms with Crippen LogP contribution in [-0.4, -0.2) is 38.2 Å². The van der Waals surface area contributed by atoms with Crippen LogP contribution in [0.2, 0.25) is 0 Å². The summed E-state index contributed by atoms with van der Waals surface area (Å²) in [6.07, 6.45) is 1.99. The van der Waals surface area contributed by atoms with E-state index >= 15 is 0 Å². The van der Waals surface area contributed by atoms with E-state index in [9.17, 15) is 13.2 Å². The highest BCUT2D eigenvalue weighted by Crippen LogP contribution is 2.32. The van der Waals surface area contributed by atoms with Crippen LogP contribution in [0, 0.1) is 0 Å². The Morgan fingerprint density at radius 3 is 2.72 bits per heavy atom. The first-order valence-corrected chi connectivity index (χ1v) is 12.4. The first kappa shape index (κ1) is 20.5. The van der Waals surface area contributed by atoms with E-state index in [1.165, 1.54) is 6.07 Å². The maximum absolute atomic E-state index is 12.6. The summed E-state index contributed by atoms with van der Waals surface area (Å²) < 4.78 is 26.8. The van der Waals surface area contributed by atoms with Crippen molar-refractivity contribution < 1.29 is 13.2 Å². The lowest BCUT2D eigenvalue weighted by Gasteiger charge is -2.16. The van der Waals surface area contributed by atoms with Crippen molar-refractivity contribution >= 4 is 44.0 Å². The summed E-state index contributed by atoms with van der Waals surface area (Å²) in [6, 6.07) is 18.7. The molecule has 1 amide bonds. The van der Waals surface area contributed by atoms with Gasteiger partial charge >= 0.3 is 0 Å². The summed E-state index contributed by atoms with van der Waals surface area (Å²) in [4.78, 5) is 21.4. The number of thiophene rings is 1. The maximum Gasteiger partial charge on any atom is 0.263 e. The number of para-hydroxylation sites is 1. The maximum atomic E-state index is 12.6. The largest absolute Gasteiger partial charge is 0.361 e. The van der Waals surface area contributed by atoms with Gasteiger partial charge in [-0.05, 0) is 35.2 Å². The van der Waals surface area contributed by atoms with Crippen molar-refractivity contribution in [2.24, 2.45) is 4.99 Å². The molecule has 0 saturated carbocycles. The van der Waals surface area contributed by atoms with Crippen molar-refractivity contribution in [3.63, 3.8) is 0 Å². The number of hydrogen-bond donors (Lipinski definition) is 3. The normalized spacial score (nSPS) is 16.6. The zero-order valence-electron chi connectivity index (χ0n) is 16.9. The van der Waals surface area contributed by atoms with Gasteiger partial charge in [-0.1, -0.05) is 36.4 Å². The number of sulfonamides is 1. The van der Waals surface area contributed by atoms with Gasteiger partial charge in [0.15, 0.2) is 0 Å². The molecule has 162 valence electrons. The third-order valence-electron chi connectivity index (χ3n) is 5.43. The lowest BCUT2D eigenvalue weighted by molar-refractivity contribution is -0.119. The monoisotopic (exact) mass is 464 g/mol. The number of amides is 1. The van der Waals surface area contributed by atoms with Crippen LogP contribution >= 0.6 is 11.3 Å². The number of H-pyrrole nitrogens is 1. The van der Waals surface area contributed by atoms with E-state index in [1.54, 1.807) is 29.5 Å². The number of benzene rings is 2. The number of amidine groups is 1. The van der Waals surface area contributed by atoms with Crippen LogP contribution in [0.5, 0.6) is 0 Å². The second-order valence-electron chi connectivity index (χ2n) is 7.43. The van der Waals surface area contributed by atoms with Crippen molar-refractivity contribution in [2.75, 3.05) is 13.1 Å². The van der Waals surface area contributed by atoms with Gasteiger partial charge in [0.2, 0.25) is 5.91 Å². The van der Waals surface area contributed by atoms with E-state index in [0.29, 0.717) is 12.1 Å². The fraction of sp³-hybridized carbons (Fsp3) is 0.130. The van der Waals surface area contributed by atoms with Gasteiger partial charge in [-0.2, -0.15) is 0 Å². The van der Waals surface area contributed by atoms with Crippen LogP contribution in [0.3, 0.4) is 0 Å². The van der Waals surface area contributed by atoms with E-state index in [1.807, 2.05) is 35.8 Å². The predicted molar refractivity (Wildman–Crippen MR) is 126 cm³/mol. The number of aromatic nitrogens is 1. The molecular formula is C23H20N4O3S2. The quantitative estimate of drug-likeness (QED) is 0.408. The molecule has 0 spiro atoms. The molecule has 5 rings (SSSR count). The minimum Gasteiger partial charge on any atom is -0.361 e. The fourth-order valence-electron chi connectivity index (χ4n) is 3.91. The lowest BCUT2D eigenvalue weighted by atomic mass is 9.96. The molecule has 0 fully saturated rings. The molecule has 0 bridgehead atoms. The smallest absolute Gasteiger partial charge is 0.263 e. The SMILES string of the molecule is O=C(CN=C1NS(=O)(=O)c2ccccc21)NCC(c1cccs1)c1c[nH]c2ccccc12. The van der Waals surface area contributed by atoms with Crippen LogP contribution in [0.1, 0.15) is 21.9 Å². The summed E-state index contributed by atoms with van der Waals surface area (Å²) in [5.41, 5.74) is 2.65. The van der Waals surface area contributed by atoms with Gasteiger partial charge in [-0.25, -0.2) is 8.42 Å². The van der Waals surface area contributed by atoms with E-state index in [0.717, 1.165) is 21.3 Å². The molecule has 0 saturated heterocycles. The number of rotatable bonds is 6. The van der Waals surface area contributed by atoms with E-state index in [2.05, 4.69) is 32.1 Å². The average Bonchev–Trinajstić information content (AvgIpc) is 3.52. The van der Waals surface area contributed by atoms with E-state index < -0.39 is 10.0 Å². The Morgan fingerprint density at radius 1 is 1.06 bits per heavy atom. The van der Waals surface area contributed by atoms with Gasteiger partial charge in [0.25, 0.3) is 10.0 Å². The number of carbonyl (C=O) groups excluding carboxylic acids is 1. The lowest BCUT2D eigenvalue weighted by Crippen LogP contribution is -2.31. The van der Waals surface area contributed by atoms with Crippen LogP contribution in [0.25, 0.3) is 10.9 Å². The molecule has 1 unspecified atom stereocenters. The van der Waals surface area contributed by atoms with Crippen molar-refractivity contribution in [3.05, 3.63) is 88.2 Å². The highest BCUT2D eigenvalue weighted by molar-refractivity contribution is 7.90. The zero-order valence-corrected chi connectivity index (χ0v) is 18.5. The number of carbonyl (C=O) groups is 1. The number of aliphatic imine (C=N–C) groups is 1. The van der Waals surface area contributed by atoms with Crippen LogP contribution in [-0.2, 0) is 14.8 Å². The van der Waals surface area contributed by atoms with Crippen molar-refractivity contribution in [2.45, 2.75) is 10.8 Å². The Labute approximate surface area is 189 Å². The minimum absolute atomic E-state index is 0.00605.